The number of hydrogen-bond acceptors (Lipinski definition) is 7. The summed E-state index contributed by atoms with van der Waals surface area (Å²) in [7, 11) is 0. The first-order valence-corrected chi connectivity index (χ1v) is 5.43. The molecule has 11 heteroatoms. The number of amides is 1. The molecule has 0 heterocycles. The van der Waals surface area contributed by atoms with Crippen LogP contribution in [0.25, 0.3) is 0 Å². The number of carbonyl (C=O) groups excluding carboxylic acids is 1. The van der Waals surface area contributed by atoms with Gasteiger partial charge in [0.25, 0.3) is 11.4 Å². The van der Waals surface area contributed by atoms with E-state index in [4.69, 9.17) is 11.6 Å². The van der Waals surface area contributed by atoms with Crippen molar-refractivity contribution in [1.29, 1.82) is 0 Å². The molecule has 1 aromatic rings. The number of benzene rings is 1. The molecule has 0 saturated heterocycles. The van der Waals surface area contributed by atoms with Crippen LogP contribution in [0, 0.1) is 20.2 Å². The normalized spacial score (nSPS) is 9.85. The van der Waals surface area contributed by atoms with Crippen LogP contribution in [0.1, 0.15) is 5.56 Å². The molecule has 20 heavy (non-hydrogen) atoms. The van der Waals surface area contributed by atoms with Gasteiger partial charge in [-0.05, 0) is 18.3 Å². The van der Waals surface area contributed by atoms with Gasteiger partial charge in [-0.3, -0.25) is 25.0 Å². The topological polar surface area (TPSA) is 159 Å². The lowest BCUT2D eigenvalue weighted by Gasteiger charge is -2.13. The highest BCUT2D eigenvalue weighted by atomic mass is 32.1. The molecule has 0 bridgehead atoms. The molecule has 0 saturated carbocycles. The molecule has 10 nitrogen and oxygen atoms in total. The van der Waals surface area contributed by atoms with E-state index in [9.17, 15) is 25.0 Å². The monoisotopic (exact) mass is 299 g/mol. The quantitative estimate of drug-likeness (QED) is 0.258. The van der Waals surface area contributed by atoms with Crippen molar-refractivity contribution in [3.8, 4) is 0 Å². The van der Waals surface area contributed by atoms with Crippen molar-refractivity contribution in [1.82, 2.24) is 5.01 Å². The summed E-state index contributed by atoms with van der Waals surface area (Å²) in [5, 5.41) is 21.5. The Balaban J connectivity index is 3.12. The third kappa shape index (κ3) is 3.43. The van der Waals surface area contributed by atoms with E-state index in [0.29, 0.717) is 5.01 Å². The highest BCUT2D eigenvalue weighted by Crippen LogP contribution is 2.25. The summed E-state index contributed by atoms with van der Waals surface area (Å²) in [4.78, 5) is 31.4. The molecule has 0 aromatic heterocycles. The first-order chi connectivity index (χ1) is 9.23. The van der Waals surface area contributed by atoms with E-state index in [2.05, 4.69) is 12.2 Å². The zero-order chi connectivity index (χ0) is 15.4. The molecule has 1 rings (SSSR count). The second-order valence-electron chi connectivity index (χ2n) is 3.61. The van der Waals surface area contributed by atoms with Crippen LogP contribution in [0.2, 0.25) is 0 Å². The molecule has 1 amide bonds. The van der Waals surface area contributed by atoms with Crippen LogP contribution in [-0.4, -0.2) is 25.9 Å². The SMILES string of the molecule is NC(=S)N(N)C(=O)Cc1ccc([N+](=O)[O-])cc1[N+](=O)[O-]. The van der Waals surface area contributed by atoms with Crippen LogP contribution in [0.15, 0.2) is 18.2 Å². The van der Waals surface area contributed by atoms with Crippen LogP contribution in [-0.2, 0) is 11.2 Å². The minimum absolute atomic E-state index is 0.0303. The summed E-state index contributed by atoms with van der Waals surface area (Å²) in [6.45, 7) is 0. The molecule has 4 N–H and O–H groups in total. The Hall–Kier alpha value is -2.66. The Bertz CT molecular complexity index is 604. The summed E-state index contributed by atoms with van der Waals surface area (Å²) in [5.74, 6) is 4.48. The van der Waals surface area contributed by atoms with Gasteiger partial charge in [-0.25, -0.2) is 10.9 Å². The van der Waals surface area contributed by atoms with Crippen LogP contribution in [0.5, 0.6) is 0 Å². The molecule has 0 aliphatic carbocycles. The largest absolute Gasteiger partial charge is 0.375 e. The number of nitro groups is 2. The van der Waals surface area contributed by atoms with Crippen LogP contribution < -0.4 is 11.6 Å². The smallest absolute Gasteiger partial charge is 0.279 e. The minimum Gasteiger partial charge on any atom is -0.375 e. The van der Waals surface area contributed by atoms with Crippen LogP contribution >= 0.6 is 12.2 Å². The predicted molar refractivity (Wildman–Crippen MR) is 71.3 cm³/mol. The van der Waals surface area contributed by atoms with Crippen molar-refractivity contribution in [3.05, 3.63) is 44.0 Å². The predicted octanol–water partition coefficient (Wildman–Crippen LogP) is -0.00860. The summed E-state index contributed by atoms with van der Waals surface area (Å²) < 4.78 is 0. The molecule has 0 radical (unpaired) electrons. The number of hydrogen-bond donors (Lipinski definition) is 2. The van der Waals surface area contributed by atoms with Gasteiger partial charge in [-0.2, -0.15) is 0 Å². The summed E-state index contributed by atoms with van der Waals surface area (Å²) in [5.41, 5.74) is 4.11. The lowest BCUT2D eigenvalue weighted by atomic mass is 10.1. The van der Waals surface area contributed by atoms with Gasteiger partial charge in [-0.1, -0.05) is 0 Å². The molecule has 0 aliphatic heterocycles. The van der Waals surface area contributed by atoms with Crippen LogP contribution in [0.3, 0.4) is 0 Å². The maximum Gasteiger partial charge on any atom is 0.279 e. The third-order valence-electron chi connectivity index (χ3n) is 2.32. The lowest BCUT2D eigenvalue weighted by Crippen LogP contribution is -2.46. The lowest BCUT2D eigenvalue weighted by molar-refractivity contribution is -0.394. The zero-order valence-electron chi connectivity index (χ0n) is 9.88. The Morgan fingerprint density at radius 2 is 1.90 bits per heavy atom. The van der Waals surface area contributed by atoms with Gasteiger partial charge in [0.1, 0.15) is 0 Å². The van der Waals surface area contributed by atoms with Gasteiger partial charge in [-0.15, -0.1) is 0 Å². The molecule has 0 aliphatic rings. The second kappa shape index (κ2) is 5.99. The molecule has 0 fully saturated rings. The third-order valence-corrected chi connectivity index (χ3v) is 2.52. The number of carbonyl (C=O) groups is 1. The number of nitro benzene ring substituents is 2. The van der Waals surface area contributed by atoms with E-state index in [1.165, 1.54) is 0 Å². The number of rotatable bonds is 4. The Labute approximate surface area is 117 Å². The van der Waals surface area contributed by atoms with Crippen molar-refractivity contribution in [3.63, 3.8) is 0 Å². The molecule has 0 unspecified atom stereocenters. The van der Waals surface area contributed by atoms with E-state index in [1.807, 2.05) is 0 Å². The van der Waals surface area contributed by atoms with E-state index in [0.717, 1.165) is 18.2 Å². The summed E-state index contributed by atoms with van der Waals surface area (Å²) in [6.07, 6.45) is -0.456. The Morgan fingerprint density at radius 3 is 2.35 bits per heavy atom. The van der Waals surface area contributed by atoms with Crippen molar-refractivity contribution in [2.75, 3.05) is 0 Å². The van der Waals surface area contributed by atoms with Gasteiger partial charge in [0.15, 0.2) is 5.11 Å². The number of nitrogens with two attached hydrogens (primary N) is 2. The standard InChI is InChI=1S/C9H9N5O5S/c10-9(20)12(11)8(15)3-5-1-2-6(13(16)17)4-7(5)14(18)19/h1-2,4H,3,11H2,(H2,10,20). The number of nitrogens with zero attached hydrogens (tertiary/aromatic N) is 3. The average Bonchev–Trinajstić information content (AvgIpc) is 2.37. The fourth-order valence-corrected chi connectivity index (χ4v) is 1.46. The maximum absolute atomic E-state index is 11.6. The highest BCUT2D eigenvalue weighted by molar-refractivity contribution is 7.80. The van der Waals surface area contributed by atoms with Gasteiger partial charge in [0, 0.05) is 11.6 Å². The van der Waals surface area contributed by atoms with Crippen LogP contribution in [0.4, 0.5) is 11.4 Å². The zero-order valence-corrected chi connectivity index (χ0v) is 10.7. The van der Waals surface area contributed by atoms with Crippen molar-refractivity contribution < 1.29 is 14.6 Å². The van der Waals surface area contributed by atoms with E-state index < -0.39 is 33.5 Å². The Kier molecular flexibility index (Phi) is 4.61. The van der Waals surface area contributed by atoms with Crippen molar-refractivity contribution in [2.24, 2.45) is 11.6 Å². The molecule has 0 atom stereocenters. The van der Waals surface area contributed by atoms with Gasteiger partial charge < -0.3 is 5.73 Å². The summed E-state index contributed by atoms with van der Waals surface area (Å²) >= 11 is 4.48. The van der Waals surface area contributed by atoms with E-state index in [1.54, 1.807) is 0 Å². The maximum atomic E-state index is 11.6. The Morgan fingerprint density at radius 1 is 1.30 bits per heavy atom. The fourth-order valence-electron chi connectivity index (χ4n) is 1.36. The minimum atomic E-state index is -0.822. The summed E-state index contributed by atoms with van der Waals surface area (Å²) in [6, 6.07) is 2.93. The second-order valence-corrected chi connectivity index (χ2v) is 4.02. The van der Waals surface area contributed by atoms with E-state index >= 15 is 0 Å². The highest BCUT2D eigenvalue weighted by Gasteiger charge is 2.23. The number of hydrazine groups is 1. The molecule has 0 spiro atoms. The fraction of sp³-hybridized carbons (Fsp3) is 0.111. The van der Waals surface area contributed by atoms with Gasteiger partial charge in [0.05, 0.1) is 22.3 Å². The van der Waals surface area contributed by atoms with E-state index in [-0.39, 0.29) is 10.7 Å². The van der Waals surface area contributed by atoms with Gasteiger partial charge in [0.2, 0.25) is 5.91 Å². The number of thiocarbonyl (C=S) groups is 1. The molecule has 106 valence electrons. The van der Waals surface area contributed by atoms with Crippen molar-refractivity contribution >= 4 is 34.6 Å². The van der Waals surface area contributed by atoms with Gasteiger partial charge >= 0.3 is 0 Å². The first-order valence-electron chi connectivity index (χ1n) is 5.02. The molecular formula is C9H9N5O5S. The molecule has 1 aromatic carbocycles. The number of non-ortho nitro benzene ring substituents is 1. The average molecular weight is 299 g/mol. The van der Waals surface area contributed by atoms with Crippen molar-refractivity contribution in [2.45, 2.75) is 6.42 Å². The first kappa shape index (κ1) is 15.4. The molecular weight excluding hydrogens is 290 g/mol.